The smallest absolute Gasteiger partial charge is 0.0294 e. The molecule has 2 heteroatoms. The summed E-state index contributed by atoms with van der Waals surface area (Å²) in [4.78, 5) is 0. The summed E-state index contributed by atoms with van der Waals surface area (Å²) in [6, 6.07) is 19.1. The number of hydrogen-bond donors (Lipinski definition) is 1. The van der Waals surface area contributed by atoms with Gasteiger partial charge in [-0.05, 0) is 30.2 Å². The molecule has 2 aromatic rings. The summed E-state index contributed by atoms with van der Waals surface area (Å²) < 4.78 is 1.12. The van der Waals surface area contributed by atoms with Gasteiger partial charge in [-0.15, -0.1) is 0 Å². The maximum atomic E-state index is 3.49. The lowest BCUT2D eigenvalue weighted by molar-refractivity contribution is 0.618. The molecule has 0 aliphatic heterocycles. The minimum Gasteiger partial charge on any atom is -0.307 e. The third-order valence-electron chi connectivity index (χ3n) is 3.02. The molecule has 0 bridgehead atoms. The average molecular weight is 316 g/mol. The van der Waals surface area contributed by atoms with E-state index in [2.05, 4.69) is 88.9 Å². The molecule has 0 amide bonds. The predicted molar refractivity (Wildman–Crippen MR) is 86.0 cm³/mol. The Hall–Kier alpha value is -1.38. The quantitative estimate of drug-likeness (QED) is 0.834. The number of halogens is 1. The molecule has 1 atom stereocenters. The van der Waals surface area contributed by atoms with Gasteiger partial charge in [-0.3, -0.25) is 0 Å². The van der Waals surface area contributed by atoms with E-state index in [4.69, 9.17) is 0 Å². The highest BCUT2D eigenvalue weighted by Crippen LogP contribution is 2.16. The van der Waals surface area contributed by atoms with E-state index in [-0.39, 0.29) is 0 Å². The highest BCUT2D eigenvalue weighted by Gasteiger charge is 2.02. The third kappa shape index (κ3) is 4.66. The summed E-state index contributed by atoms with van der Waals surface area (Å²) in [5.41, 5.74) is 2.54. The van der Waals surface area contributed by atoms with Crippen LogP contribution in [0.4, 0.5) is 0 Å². The van der Waals surface area contributed by atoms with Gasteiger partial charge in [-0.25, -0.2) is 0 Å². The van der Waals surface area contributed by atoms with Crippen LogP contribution in [0.1, 0.15) is 24.1 Å². The van der Waals surface area contributed by atoms with E-state index < -0.39 is 0 Å². The Balaban J connectivity index is 1.82. The molecule has 0 aliphatic carbocycles. The Kier molecular flexibility index (Phi) is 5.37. The zero-order valence-corrected chi connectivity index (χ0v) is 12.6. The Bertz CT molecular complexity index is 517. The normalized spacial score (nSPS) is 12.7. The highest BCUT2D eigenvalue weighted by molar-refractivity contribution is 9.10. The molecular formula is C17H18BrN. The van der Waals surface area contributed by atoms with Gasteiger partial charge < -0.3 is 5.32 Å². The van der Waals surface area contributed by atoms with Gasteiger partial charge in [-0.1, -0.05) is 70.5 Å². The summed E-state index contributed by atoms with van der Waals surface area (Å²) >= 11 is 3.45. The van der Waals surface area contributed by atoms with Crippen LogP contribution >= 0.6 is 15.9 Å². The molecule has 1 nitrogen and oxygen atoms in total. The van der Waals surface area contributed by atoms with Crippen LogP contribution in [0.15, 0.2) is 65.1 Å². The van der Waals surface area contributed by atoms with E-state index in [0.717, 1.165) is 11.0 Å². The monoisotopic (exact) mass is 315 g/mol. The molecule has 2 aromatic carbocycles. The van der Waals surface area contributed by atoms with Crippen molar-refractivity contribution in [2.75, 3.05) is 6.54 Å². The Morgan fingerprint density at radius 2 is 1.74 bits per heavy atom. The van der Waals surface area contributed by atoms with E-state index in [1.54, 1.807) is 0 Å². The predicted octanol–water partition coefficient (Wildman–Crippen LogP) is 4.81. The number of rotatable bonds is 5. The third-order valence-corrected chi connectivity index (χ3v) is 3.55. The van der Waals surface area contributed by atoms with E-state index in [9.17, 15) is 0 Å². The maximum absolute atomic E-state index is 3.49. The van der Waals surface area contributed by atoms with E-state index >= 15 is 0 Å². The second-order valence-electron chi connectivity index (χ2n) is 4.49. The summed E-state index contributed by atoms with van der Waals surface area (Å²) in [6.07, 6.45) is 4.30. The fourth-order valence-corrected chi connectivity index (χ4v) is 2.14. The zero-order valence-electron chi connectivity index (χ0n) is 11.0. The summed E-state index contributed by atoms with van der Waals surface area (Å²) in [5, 5.41) is 3.49. The number of hydrogen-bond acceptors (Lipinski definition) is 1. The van der Waals surface area contributed by atoms with Crippen molar-refractivity contribution >= 4 is 22.0 Å². The molecule has 2 rings (SSSR count). The van der Waals surface area contributed by atoms with Crippen LogP contribution in [0.2, 0.25) is 0 Å². The van der Waals surface area contributed by atoms with Crippen molar-refractivity contribution in [3.05, 3.63) is 76.3 Å². The lowest BCUT2D eigenvalue weighted by Gasteiger charge is -2.12. The highest BCUT2D eigenvalue weighted by atomic mass is 79.9. The molecule has 0 spiro atoms. The molecule has 0 saturated heterocycles. The molecular weight excluding hydrogens is 298 g/mol. The summed E-state index contributed by atoms with van der Waals surface area (Å²) in [6.45, 7) is 3.05. The Morgan fingerprint density at radius 1 is 1.05 bits per heavy atom. The van der Waals surface area contributed by atoms with Crippen molar-refractivity contribution in [2.45, 2.75) is 13.0 Å². The van der Waals surface area contributed by atoms with Crippen LogP contribution in [0.3, 0.4) is 0 Å². The van der Waals surface area contributed by atoms with E-state index in [0.29, 0.717) is 6.04 Å². The first-order valence-electron chi connectivity index (χ1n) is 6.46. The standard InChI is InChI=1S/C17H18BrN/c1-14(16-9-11-17(18)12-10-16)19-13-5-8-15-6-3-2-4-7-15/h2-12,14,19H,13H2,1H3. The molecule has 0 aromatic heterocycles. The molecule has 0 aliphatic rings. The Labute approximate surface area is 123 Å². The summed E-state index contributed by atoms with van der Waals surface area (Å²) in [7, 11) is 0. The van der Waals surface area contributed by atoms with Gasteiger partial charge in [0.15, 0.2) is 0 Å². The second-order valence-corrected chi connectivity index (χ2v) is 5.41. The Morgan fingerprint density at radius 3 is 2.42 bits per heavy atom. The molecule has 0 heterocycles. The van der Waals surface area contributed by atoms with E-state index in [1.807, 2.05) is 6.07 Å². The minimum absolute atomic E-state index is 0.355. The molecule has 0 fully saturated rings. The molecule has 1 unspecified atom stereocenters. The van der Waals surface area contributed by atoms with Crippen LogP contribution in [-0.2, 0) is 0 Å². The lowest BCUT2D eigenvalue weighted by atomic mass is 10.1. The number of benzene rings is 2. The maximum Gasteiger partial charge on any atom is 0.0294 e. The van der Waals surface area contributed by atoms with Crippen molar-refractivity contribution < 1.29 is 0 Å². The number of nitrogens with one attached hydrogen (secondary N) is 1. The fourth-order valence-electron chi connectivity index (χ4n) is 1.87. The van der Waals surface area contributed by atoms with Crippen LogP contribution < -0.4 is 5.32 Å². The molecule has 98 valence electrons. The fraction of sp³-hybridized carbons (Fsp3) is 0.176. The summed E-state index contributed by atoms with van der Waals surface area (Å²) in [5.74, 6) is 0. The molecule has 0 saturated carbocycles. The van der Waals surface area contributed by atoms with Crippen LogP contribution in [0.25, 0.3) is 6.08 Å². The average Bonchev–Trinajstić information content (AvgIpc) is 2.45. The first kappa shape index (κ1) is 14.0. The lowest BCUT2D eigenvalue weighted by Crippen LogP contribution is -2.18. The minimum atomic E-state index is 0.355. The zero-order chi connectivity index (χ0) is 13.5. The largest absolute Gasteiger partial charge is 0.307 e. The van der Waals surface area contributed by atoms with Gasteiger partial charge in [0.25, 0.3) is 0 Å². The van der Waals surface area contributed by atoms with E-state index in [1.165, 1.54) is 11.1 Å². The van der Waals surface area contributed by atoms with Crippen LogP contribution in [-0.4, -0.2) is 6.54 Å². The van der Waals surface area contributed by atoms with Gasteiger partial charge in [0.1, 0.15) is 0 Å². The first-order valence-corrected chi connectivity index (χ1v) is 7.25. The molecule has 1 N–H and O–H groups in total. The molecule has 0 radical (unpaired) electrons. The van der Waals surface area contributed by atoms with Crippen molar-refractivity contribution in [2.24, 2.45) is 0 Å². The second kappa shape index (κ2) is 7.27. The van der Waals surface area contributed by atoms with Gasteiger partial charge in [0, 0.05) is 17.1 Å². The SMILES string of the molecule is CC(NCC=Cc1ccccc1)c1ccc(Br)cc1. The van der Waals surface area contributed by atoms with Crippen LogP contribution in [0, 0.1) is 0 Å². The first-order chi connectivity index (χ1) is 9.25. The van der Waals surface area contributed by atoms with Crippen molar-refractivity contribution in [1.82, 2.24) is 5.32 Å². The van der Waals surface area contributed by atoms with Gasteiger partial charge >= 0.3 is 0 Å². The molecule has 19 heavy (non-hydrogen) atoms. The van der Waals surface area contributed by atoms with Crippen molar-refractivity contribution in [3.8, 4) is 0 Å². The van der Waals surface area contributed by atoms with Crippen molar-refractivity contribution in [1.29, 1.82) is 0 Å². The van der Waals surface area contributed by atoms with Crippen molar-refractivity contribution in [3.63, 3.8) is 0 Å². The van der Waals surface area contributed by atoms with Gasteiger partial charge in [0.2, 0.25) is 0 Å². The van der Waals surface area contributed by atoms with Gasteiger partial charge in [-0.2, -0.15) is 0 Å². The van der Waals surface area contributed by atoms with Crippen LogP contribution in [0.5, 0.6) is 0 Å². The van der Waals surface area contributed by atoms with Gasteiger partial charge in [0.05, 0.1) is 0 Å². The topological polar surface area (TPSA) is 12.0 Å².